The van der Waals surface area contributed by atoms with Crippen molar-refractivity contribution in [3.8, 4) is 5.75 Å². The summed E-state index contributed by atoms with van der Waals surface area (Å²) < 4.78 is 5.79. The molecule has 2 aromatic rings. The first-order chi connectivity index (χ1) is 10.7. The third-order valence-corrected chi connectivity index (χ3v) is 4.23. The molecule has 0 bridgehead atoms. The van der Waals surface area contributed by atoms with Crippen molar-refractivity contribution in [2.45, 2.75) is 31.7 Å². The third-order valence-electron chi connectivity index (χ3n) is 4.23. The van der Waals surface area contributed by atoms with Crippen molar-refractivity contribution in [2.75, 3.05) is 6.54 Å². The van der Waals surface area contributed by atoms with Crippen LogP contribution in [0.15, 0.2) is 54.6 Å². The summed E-state index contributed by atoms with van der Waals surface area (Å²) in [5.41, 5.74) is -0.597. The fourth-order valence-corrected chi connectivity index (χ4v) is 3.07. The fraction of sp³-hybridized carbons (Fsp3) is 0.316. The van der Waals surface area contributed by atoms with Gasteiger partial charge in [0.05, 0.1) is 0 Å². The zero-order valence-corrected chi connectivity index (χ0v) is 12.8. The second-order valence-electron chi connectivity index (χ2n) is 5.69. The molecule has 0 fully saturated rings. The Morgan fingerprint density at radius 2 is 2.00 bits per heavy atom. The van der Waals surface area contributed by atoms with Crippen molar-refractivity contribution in [3.05, 3.63) is 54.6 Å². The maximum atomic E-state index is 12.8. The highest BCUT2D eigenvalue weighted by molar-refractivity contribution is 5.92. The second-order valence-corrected chi connectivity index (χ2v) is 5.69. The number of esters is 1. The Balaban J connectivity index is 1.90. The summed E-state index contributed by atoms with van der Waals surface area (Å²) in [4.78, 5) is 12.8. The molecule has 0 saturated carbocycles. The Morgan fingerprint density at radius 3 is 2.77 bits per heavy atom. The van der Waals surface area contributed by atoms with Gasteiger partial charge in [-0.3, -0.25) is 0 Å². The zero-order valence-electron chi connectivity index (χ0n) is 12.8. The monoisotopic (exact) mass is 295 g/mol. The van der Waals surface area contributed by atoms with Gasteiger partial charge in [0.25, 0.3) is 0 Å². The summed E-state index contributed by atoms with van der Waals surface area (Å²) in [5.74, 6) is 0.449. The van der Waals surface area contributed by atoms with Gasteiger partial charge in [-0.15, -0.1) is 0 Å². The number of fused-ring (bicyclic) bond motifs is 1. The SMILES string of the molecule is CCN[C@@]1(C(=O)Oc2cccc3ccccc23)CC=CCC1. The molecule has 0 heterocycles. The van der Waals surface area contributed by atoms with Crippen LogP contribution in [-0.2, 0) is 4.79 Å². The molecule has 3 heteroatoms. The van der Waals surface area contributed by atoms with Crippen molar-refractivity contribution < 1.29 is 9.53 Å². The molecule has 1 atom stereocenters. The molecule has 3 nitrogen and oxygen atoms in total. The summed E-state index contributed by atoms with van der Waals surface area (Å²) in [5, 5.41) is 5.39. The number of rotatable bonds is 4. The average molecular weight is 295 g/mol. The van der Waals surface area contributed by atoms with E-state index in [1.165, 1.54) is 0 Å². The molecule has 0 radical (unpaired) electrons. The summed E-state index contributed by atoms with van der Waals surface area (Å²) in [7, 11) is 0. The molecule has 1 N–H and O–H groups in total. The van der Waals surface area contributed by atoms with E-state index in [0.29, 0.717) is 12.2 Å². The molecule has 1 aliphatic carbocycles. The van der Waals surface area contributed by atoms with E-state index in [4.69, 9.17) is 4.74 Å². The lowest BCUT2D eigenvalue weighted by atomic mass is 9.85. The number of nitrogens with one attached hydrogen (secondary N) is 1. The van der Waals surface area contributed by atoms with Crippen LogP contribution < -0.4 is 10.1 Å². The summed E-state index contributed by atoms with van der Waals surface area (Å²) >= 11 is 0. The summed E-state index contributed by atoms with van der Waals surface area (Å²) in [6.45, 7) is 2.77. The first-order valence-electron chi connectivity index (χ1n) is 7.85. The molecule has 114 valence electrons. The predicted octanol–water partition coefficient (Wildman–Crippen LogP) is 3.83. The molecule has 0 amide bonds. The van der Waals surface area contributed by atoms with E-state index < -0.39 is 5.54 Å². The highest BCUT2D eigenvalue weighted by Crippen LogP contribution is 2.29. The summed E-state index contributed by atoms with van der Waals surface area (Å²) in [6, 6.07) is 13.8. The summed E-state index contributed by atoms with van der Waals surface area (Å²) in [6.07, 6.45) is 6.56. The van der Waals surface area contributed by atoms with Gasteiger partial charge >= 0.3 is 5.97 Å². The second kappa shape index (κ2) is 6.32. The molecule has 3 rings (SSSR count). The van der Waals surface area contributed by atoms with Crippen LogP contribution in [0.2, 0.25) is 0 Å². The number of ether oxygens (including phenoxy) is 1. The Labute approximate surface area is 131 Å². The highest BCUT2D eigenvalue weighted by Gasteiger charge is 2.39. The molecule has 0 unspecified atom stereocenters. The van der Waals surface area contributed by atoms with E-state index in [1.54, 1.807) is 0 Å². The van der Waals surface area contributed by atoms with Crippen molar-refractivity contribution in [3.63, 3.8) is 0 Å². The van der Waals surface area contributed by atoms with E-state index in [0.717, 1.165) is 30.2 Å². The van der Waals surface area contributed by atoms with Gasteiger partial charge in [0, 0.05) is 5.39 Å². The lowest BCUT2D eigenvalue weighted by molar-refractivity contribution is -0.142. The molecule has 0 spiro atoms. The molecule has 0 aliphatic heterocycles. The normalized spacial score (nSPS) is 21.0. The van der Waals surface area contributed by atoms with Gasteiger partial charge in [0.15, 0.2) is 0 Å². The highest BCUT2D eigenvalue weighted by atomic mass is 16.5. The van der Waals surface area contributed by atoms with Gasteiger partial charge in [0.2, 0.25) is 0 Å². The Morgan fingerprint density at radius 1 is 1.18 bits per heavy atom. The van der Waals surface area contributed by atoms with Crippen LogP contribution in [0.1, 0.15) is 26.2 Å². The van der Waals surface area contributed by atoms with Gasteiger partial charge in [-0.1, -0.05) is 55.5 Å². The molecular weight excluding hydrogens is 274 g/mol. The van der Waals surface area contributed by atoms with Crippen molar-refractivity contribution >= 4 is 16.7 Å². The van der Waals surface area contributed by atoms with E-state index in [2.05, 4.69) is 17.5 Å². The number of allylic oxidation sites excluding steroid dienone is 1. The van der Waals surface area contributed by atoms with Gasteiger partial charge in [-0.05, 0) is 37.3 Å². The van der Waals surface area contributed by atoms with Gasteiger partial charge in [-0.2, -0.15) is 0 Å². The van der Waals surface area contributed by atoms with Crippen LogP contribution in [0.5, 0.6) is 5.75 Å². The van der Waals surface area contributed by atoms with Crippen molar-refractivity contribution in [1.82, 2.24) is 5.32 Å². The fourth-order valence-electron chi connectivity index (χ4n) is 3.07. The van der Waals surface area contributed by atoms with Gasteiger partial charge in [0.1, 0.15) is 11.3 Å². The van der Waals surface area contributed by atoms with E-state index in [1.807, 2.05) is 49.4 Å². The standard InChI is InChI=1S/C19H21NO2/c1-2-20-19(13-6-3-7-14-19)18(21)22-17-12-8-10-15-9-4-5-11-16(15)17/h3-6,8-12,20H,2,7,13-14H2,1H3/t19-/m0/s1. The molecule has 1 aliphatic rings. The number of hydrogen-bond donors (Lipinski definition) is 1. The first kappa shape index (κ1) is 14.8. The lowest BCUT2D eigenvalue weighted by Gasteiger charge is -2.33. The Hall–Kier alpha value is -2.13. The van der Waals surface area contributed by atoms with Gasteiger partial charge < -0.3 is 10.1 Å². The number of likely N-dealkylation sites (N-methyl/N-ethyl adjacent to an activating group) is 1. The smallest absolute Gasteiger partial charge is 0.332 e. The van der Waals surface area contributed by atoms with Crippen LogP contribution >= 0.6 is 0 Å². The van der Waals surface area contributed by atoms with Crippen LogP contribution in [0, 0.1) is 0 Å². The van der Waals surface area contributed by atoms with E-state index in [9.17, 15) is 4.79 Å². The molecule has 0 saturated heterocycles. The maximum Gasteiger partial charge on any atom is 0.332 e. The molecule has 2 aromatic carbocycles. The zero-order chi connectivity index (χ0) is 15.4. The largest absolute Gasteiger partial charge is 0.424 e. The Bertz CT molecular complexity index is 702. The van der Waals surface area contributed by atoms with Crippen LogP contribution in [-0.4, -0.2) is 18.1 Å². The van der Waals surface area contributed by atoms with Crippen LogP contribution in [0.4, 0.5) is 0 Å². The van der Waals surface area contributed by atoms with E-state index >= 15 is 0 Å². The van der Waals surface area contributed by atoms with Crippen molar-refractivity contribution in [1.29, 1.82) is 0 Å². The minimum Gasteiger partial charge on any atom is -0.424 e. The minimum absolute atomic E-state index is 0.185. The molecular formula is C19H21NO2. The number of hydrogen-bond acceptors (Lipinski definition) is 3. The van der Waals surface area contributed by atoms with E-state index in [-0.39, 0.29) is 5.97 Å². The van der Waals surface area contributed by atoms with Gasteiger partial charge in [-0.25, -0.2) is 4.79 Å². The average Bonchev–Trinajstić information content (AvgIpc) is 2.56. The first-order valence-corrected chi connectivity index (χ1v) is 7.85. The predicted molar refractivity (Wildman–Crippen MR) is 89.0 cm³/mol. The quantitative estimate of drug-likeness (QED) is 0.529. The lowest BCUT2D eigenvalue weighted by Crippen LogP contribution is -2.54. The molecule has 0 aromatic heterocycles. The number of benzene rings is 2. The number of carbonyl (C=O) groups is 1. The third kappa shape index (κ3) is 2.77. The Kier molecular flexibility index (Phi) is 4.25. The van der Waals surface area contributed by atoms with Crippen molar-refractivity contribution in [2.24, 2.45) is 0 Å². The molecule has 22 heavy (non-hydrogen) atoms. The topological polar surface area (TPSA) is 38.3 Å². The maximum absolute atomic E-state index is 12.8. The minimum atomic E-state index is -0.597. The van der Waals surface area contributed by atoms with Crippen LogP contribution in [0.25, 0.3) is 10.8 Å². The number of carbonyl (C=O) groups excluding carboxylic acids is 1. The van der Waals surface area contributed by atoms with Crippen LogP contribution in [0.3, 0.4) is 0 Å².